The molecule has 0 aliphatic heterocycles. The van der Waals surface area contributed by atoms with Gasteiger partial charge in [0.2, 0.25) is 0 Å². The van der Waals surface area contributed by atoms with E-state index in [-0.39, 0.29) is 6.10 Å². The first-order valence-electron chi connectivity index (χ1n) is 5.15. The van der Waals surface area contributed by atoms with E-state index in [9.17, 15) is 5.11 Å². The largest absolute Gasteiger partial charge is 0.393 e. The molecular formula is C11H15ClN2O. The lowest BCUT2D eigenvalue weighted by atomic mass is 9.82. The van der Waals surface area contributed by atoms with Crippen molar-refractivity contribution >= 4 is 17.3 Å². The standard InChI is InChI=1S/C11H15ClN2O/c1-14(7-8-4-9(15)5-8)11-2-3-13-6-10(11)12/h2-3,6,8-9,15H,4-5,7H2,1H3. The van der Waals surface area contributed by atoms with Crippen LogP contribution in [-0.2, 0) is 0 Å². The predicted molar refractivity (Wildman–Crippen MR) is 61.2 cm³/mol. The van der Waals surface area contributed by atoms with Crippen molar-refractivity contribution in [3.8, 4) is 0 Å². The molecule has 0 saturated heterocycles. The maximum Gasteiger partial charge on any atom is 0.0822 e. The van der Waals surface area contributed by atoms with Gasteiger partial charge < -0.3 is 10.0 Å². The Hall–Kier alpha value is -0.800. The quantitative estimate of drug-likeness (QED) is 0.856. The fraction of sp³-hybridized carbons (Fsp3) is 0.545. The molecule has 1 saturated carbocycles. The lowest BCUT2D eigenvalue weighted by Crippen LogP contribution is -2.37. The molecule has 0 bridgehead atoms. The fourth-order valence-electron chi connectivity index (χ4n) is 2.01. The first-order valence-corrected chi connectivity index (χ1v) is 5.53. The Bertz CT molecular complexity index is 339. The highest BCUT2D eigenvalue weighted by Gasteiger charge is 2.28. The number of aromatic nitrogens is 1. The Labute approximate surface area is 94.7 Å². The number of nitrogens with zero attached hydrogens (tertiary/aromatic N) is 2. The number of hydrogen-bond acceptors (Lipinski definition) is 3. The summed E-state index contributed by atoms with van der Waals surface area (Å²) in [7, 11) is 2.02. The van der Waals surface area contributed by atoms with Gasteiger partial charge in [-0.1, -0.05) is 11.6 Å². The van der Waals surface area contributed by atoms with E-state index in [4.69, 9.17) is 11.6 Å². The van der Waals surface area contributed by atoms with Crippen LogP contribution in [0.3, 0.4) is 0 Å². The molecule has 1 heterocycles. The lowest BCUT2D eigenvalue weighted by molar-refractivity contribution is 0.0465. The molecule has 1 aliphatic rings. The van der Waals surface area contributed by atoms with Crippen molar-refractivity contribution in [2.75, 3.05) is 18.5 Å². The summed E-state index contributed by atoms with van der Waals surface area (Å²) in [5.74, 6) is 0.592. The molecule has 0 radical (unpaired) electrons. The summed E-state index contributed by atoms with van der Waals surface area (Å²) < 4.78 is 0. The van der Waals surface area contributed by atoms with E-state index in [1.807, 2.05) is 13.1 Å². The van der Waals surface area contributed by atoms with E-state index >= 15 is 0 Å². The van der Waals surface area contributed by atoms with Gasteiger partial charge in [0.05, 0.1) is 16.8 Å². The molecule has 2 rings (SSSR count). The summed E-state index contributed by atoms with van der Waals surface area (Å²) >= 11 is 6.04. The smallest absolute Gasteiger partial charge is 0.0822 e. The third-order valence-corrected chi connectivity index (χ3v) is 3.20. The molecule has 82 valence electrons. The van der Waals surface area contributed by atoms with Crippen LogP contribution < -0.4 is 4.90 Å². The molecule has 15 heavy (non-hydrogen) atoms. The molecule has 1 aliphatic carbocycles. The Balaban J connectivity index is 1.96. The van der Waals surface area contributed by atoms with Gasteiger partial charge in [0.25, 0.3) is 0 Å². The second kappa shape index (κ2) is 4.37. The molecular weight excluding hydrogens is 212 g/mol. The average molecular weight is 227 g/mol. The van der Waals surface area contributed by atoms with E-state index in [2.05, 4.69) is 9.88 Å². The van der Waals surface area contributed by atoms with Gasteiger partial charge in [-0.25, -0.2) is 0 Å². The third kappa shape index (κ3) is 2.41. The summed E-state index contributed by atoms with van der Waals surface area (Å²) in [6.45, 7) is 0.945. The molecule has 0 atom stereocenters. The SMILES string of the molecule is CN(CC1CC(O)C1)c1ccncc1Cl. The van der Waals surface area contributed by atoms with Crippen LogP contribution in [-0.4, -0.2) is 29.8 Å². The average Bonchev–Trinajstić information content (AvgIpc) is 2.16. The number of anilines is 1. The molecule has 0 amide bonds. The fourth-order valence-corrected chi connectivity index (χ4v) is 2.28. The predicted octanol–water partition coefficient (Wildman–Crippen LogP) is 1.94. The van der Waals surface area contributed by atoms with Crippen molar-refractivity contribution in [1.29, 1.82) is 0 Å². The zero-order valence-corrected chi connectivity index (χ0v) is 9.48. The van der Waals surface area contributed by atoms with Crippen molar-refractivity contribution in [2.24, 2.45) is 5.92 Å². The van der Waals surface area contributed by atoms with Gasteiger partial charge in [-0.15, -0.1) is 0 Å². The van der Waals surface area contributed by atoms with Crippen LogP contribution in [0.25, 0.3) is 0 Å². The molecule has 4 heteroatoms. The van der Waals surface area contributed by atoms with Gasteiger partial charge >= 0.3 is 0 Å². The van der Waals surface area contributed by atoms with Crippen LogP contribution in [0.4, 0.5) is 5.69 Å². The second-order valence-electron chi connectivity index (χ2n) is 4.20. The van der Waals surface area contributed by atoms with Crippen LogP contribution in [0.1, 0.15) is 12.8 Å². The topological polar surface area (TPSA) is 36.4 Å². The molecule has 0 spiro atoms. The number of aliphatic hydroxyl groups is 1. The zero-order valence-electron chi connectivity index (χ0n) is 8.73. The summed E-state index contributed by atoms with van der Waals surface area (Å²) in [5.41, 5.74) is 1.01. The van der Waals surface area contributed by atoms with E-state index in [1.165, 1.54) is 0 Å². The van der Waals surface area contributed by atoms with E-state index in [0.717, 1.165) is 25.1 Å². The molecule has 3 nitrogen and oxygen atoms in total. The Morgan fingerprint density at radius 1 is 1.60 bits per heavy atom. The zero-order chi connectivity index (χ0) is 10.8. The minimum atomic E-state index is -0.0867. The van der Waals surface area contributed by atoms with Gasteiger partial charge in [-0.05, 0) is 24.8 Å². The maximum absolute atomic E-state index is 9.20. The van der Waals surface area contributed by atoms with Crippen LogP contribution in [0.15, 0.2) is 18.5 Å². The third-order valence-electron chi connectivity index (χ3n) is 2.91. The highest BCUT2D eigenvalue weighted by atomic mass is 35.5. The number of aliphatic hydroxyl groups excluding tert-OH is 1. The minimum Gasteiger partial charge on any atom is -0.393 e. The Morgan fingerprint density at radius 2 is 2.33 bits per heavy atom. The number of halogens is 1. The van der Waals surface area contributed by atoms with E-state index < -0.39 is 0 Å². The van der Waals surface area contributed by atoms with Gasteiger partial charge in [-0.2, -0.15) is 0 Å². The number of hydrogen-bond donors (Lipinski definition) is 1. The summed E-state index contributed by atoms with van der Waals surface area (Å²) in [6.07, 6.45) is 5.13. The van der Waals surface area contributed by atoms with E-state index in [1.54, 1.807) is 12.4 Å². The Kier molecular flexibility index (Phi) is 3.12. The first-order chi connectivity index (χ1) is 7.16. The van der Waals surface area contributed by atoms with Crippen LogP contribution in [0, 0.1) is 5.92 Å². The van der Waals surface area contributed by atoms with Crippen molar-refractivity contribution in [3.05, 3.63) is 23.5 Å². The molecule has 0 unspecified atom stereocenters. The highest BCUT2D eigenvalue weighted by Crippen LogP contribution is 2.30. The van der Waals surface area contributed by atoms with Crippen molar-refractivity contribution in [2.45, 2.75) is 18.9 Å². The lowest BCUT2D eigenvalue weighted by Gasteiger charge is -2.35. The molecule has 1 aromatic rings. The van der Waals surface area contributed by atoms with Crippen molar-refractivity contribution < 1.29 is 5.11 Å². The number of pyridine rings is 1. The van der Waals surface area contributed by atoms with Gasteiger partial charge in [0, 0.05) is 26.0 Å². The van der Waals surface area contributed by atoms with Crippen molar-refractivity contribution in [1.82, 2.24) is 4.98 Å². The first kappa shape index (κ1) is 10.7. The van der Waals surface area contributed by atoms with Crippen molar-refractivity contribution in [3.63, 3.8) is 0 Å². The van der Waals surface area contributed by atoms with Gasteiger partial charge in [-0.3, -0.25) is 4.98 Å². The highest BCUT2D eigenvalue weighted by molar-refractivity contribution is 6.33. The summed E-state index contributed by atoms with van der Waals surface area (Å²) in [5, 5.41) is 9.88. The van der Waals surface area contributed by atoms with Crippen LogP contribution in [0.5, 0.6) is 0 Å². The van der Waals surface area contributed by atoms with Crippen LogP contribution in [0.2, 0.25) is 5.02 Å². The van der Waals surface area contributed by atoms with Crippen LogP contribution >= 0.6 is 11.6 Å². The Morgan fingerprint density at radius 3 is 2.93 bits per heavy atom. The molecule has 1 fully saturated rings. The maximum atomic E-state index is 9.20. The normalized spacial score (nSPS) is 24.7. The van der Waals surface area contributed by atoms with Gasteiger partial charge in [0.15, 0.2) is 0 Å². The summed E-state index contributed by atoms with van der Waals surface area (Å²) in [6, 6.07) is 1.91. The monoisotopic (exact) mass is 226 g/mol. The molecule has 0 aromatic carbocycles. The summed E-state index contributed by atoms with van der Waals surface area (Å²) in [4.78, 5) is 6.08. The molecule has 1 aromatic heterocycles. The minimum absolute atomic E-state index is 0.0867. The second-order valence-corrected chi connectivity index (χ2v) is 4.61. The molecule has 1 N–H and O–H groups in total. The van der Waals surface area contributed by atoms with E-state index in [0.29, 0.717) is 10.9 Å². The number of rotatable bonds is 3. The van der Waals surface area contributed by atoms with Gasteiger partial charge in [0.1, 0.15) is 0 Å².